The van der Waals surface area contributed by atoms with Gasteiger partial charge in [0.1, 0.15) is 19.3 Å². The fourth-order valence-electron chi connectivity index (χ4n) is 11.5. The number of carbonyl (C=O) groups excluding carboxylic acids is 4. The summed E-state index contributed by atoms with van der Waals surface area (Å²) in [6.45, 7) is 7.31. The lowest BCUT2D eigenvalue weighted by Crippen LogP contribution is -2.30. The summed E-state index contributed by atoms with van der Waals surface area (Å²) in [5, 5.41) is 10.6. The summed E-state index contributed by atoms with van der Waals surface area (Å²) in [7, 11) is -9.90. The van der Waals surface area contributed by atoms with E-state index in [1.165, 1.54) is 205 Å². The molecule has 3 unspecified atom stereocenters. The molecule has 0 aliphatic heterocycles. The Morgan fingerprint density at radius 3 is 0.755 bits per heavy atom. The first kappa shape index (κ1) is 92.1. The minimum Gasteiger partial charge on any atom is -0.462 e. The van der Waals surface area contributed by atoms with Crippen LogP contribution in [0, 0.1) is 5.92 Å². The van der Waals surface area contributed by atoms with E-state index in [0.29, 0.717) is 25.7 Å². The number of rotatable bonds is 75. The first-order valence-corrected chi connectivity index (χ1v) is 42.2. The van der Waals surface area contributed by atoms with Gasteiger partial charge < -0.3 is 33.8 Å². The Morgan fingerprint density at radius 1 is 0.298 bits per heavy atom. The lowest BCUT2D eigenvalue weighted by molar-refractivity contribution is -0.161. The summed E-state index contributed by atoms with van der Waals surface area (Å²) in [5.74, 6) is -1.25. The minimum atomic E-state index is -4.95. The molecule has 19 heteroatoms. The van der Waals surface area contributed by atoms with E-state index in [9.17, 15) is 43.2 Å². The van der Waals surface area contributed by atoms with Crippen LogP contribution >= 0.6 is 15.6 Å². The Kier molecular flexibility index (Phi) is 66.8. The number of phosphoric acid groups is 2. The van der Waals surface area contributed by atoms with Crippen LogP contribution in [0.4, 0.5) is 0 Å². The smallest absolute Gasteiger partial charge is 0.462 e. The highest BCUT2D eigenvalue weighted by molar-refractivity contribution is 7.47. The highest BCUT2D eigenvalue weighted by Crippen LogP contribution is 2.45. The molecule has 0 radical (unpaired) electrons. The third-order valence-electron chi connectivity index (χ3n) is 17.9. The Hall–Kier alpha value is -1.94. The van der Waals surface area contributed by atoms with Gasteiger partial charge in [0.2, 0.25) is 0 Å². The molecule has 3 N–H and O–H groups in total. The Balaban J connectivity index is 5.14. The maximum absolute atomic E-state index is 13.1. The second-order valence-electron chi connectivity index (χ2n) is 27.3. The van der Waals surface area contributed by atoms with Gasteiger partial charge in [-0.2, -0.15) is 0 Å². The highest BCUT2D eigenvalue weighted by atomic mass is 31.2. The average Bonchev–Trinajstić information content (AvgIpc) is 3.66. The minimum absolute atomic E-state index is 0.107. The molecule has 558 valence electrons. The number of aliphatic hydroxyl groups excluding tert-OH is 1. The molecule has 0 bridgehead atoms. The van der Waals surface area contributed by atoms with Gasteiger partial charge in [-0.3, -0.25) is 37.3 Å². The molecular weight excluding hydrogens is 1230 g/mol. The molecule has 0 saturated heterocycles. The summed E-state index contributed by atoms with van der Waals surface area (Å²) in [4.78, 5) is 72.6. The second kappa shape index (κ2) is 68.2. The predicted octanol–water partition coefficient (Wildman–Crippen LogP) is 22.1. The van der Waals surface area contributed by atoms with Crippen LogP contribution in [0.1, 0.15) is 394 Å². The van der Waals surface area contributed by atoms with E-state index >= 15 is 0 Å². The molecule has 0 aromatic rings. The van der Waals surface area contributed by atoms with Gasteiger partial charge in [0, 0.05) is 25.7 Å². The van der Waals surface area contributed by atoms with Gasteiger partial charge in [0.05, 0.1) is 26.4 Å². The zero-order valence-electron chi connectivity index (χ0n) is 61.1. The number of ether oxygens (including phenoxy) is 4. The molecule has 0 aromatic carbocycles. The van der Waals surface area contributed by atoms with E-state index in [1.54, 1.807) is 0 Å². The van der Waals surface area contributed by atoms with Crippen LogP contribution < -0.4 is 0 Å². The van der Waals surface area contributed by atoms with Crippen molar-refractivity contribution in [1.82, 2.24) is 0 Å². The lowest BCUT2D eigenvalue weighted by Gasteiger charge is -2.21. The monoisotopic (exact) mass is 1380 g/mol. The third kappa shape index (κ3) is 67.3. The van der Waals surface area contributed by atoms with E-state index < -0.39 is 97.5 Å². The molecule has 94 heavy (non-hydrogen) atoms. The summed E-state index contributed by atoms with van der Waals surface area (Å²) in [6.07, 6.45) is 57.0. The van der Waals surface area contributed by atoms with Crippen molar-refractivity contribution in [3.05, 3.63) is 0 Å². The number of aliphatic hydroxyl groups is 1. The quantitative estimate of drug-likeness (QED) is 0.0222. The molecule has 17 nitrogen and oxygen atoms in total. The number of carbonyl (C=O) groups is 4. The summed E-state index contributed by atoms with van der Waals surface area (Å²) in [6, 6.07) is 0. The summed E-state index contributed by atoms with van der Waals surface area (Å²) in [5.41, 5.74) is 0. The SMILES string of the molecule is CCCCCCCCCCCCCCCCC(=O)OC[C@H](COP(=O)(O)OC[C@@H](O)COP(=O)(O)OC[C@@H](COC(=O)CCCCCCCCC)OC(=O)CCCCCCCCCCCCC)OC(=O)CCCCCCCCCCCCCCCCCCCCC(C)CC. The molecule has 0 fully saturated rings. The molecule has 0 heterocycles. The molecule has 0 amide bonds. The maximum atomic E-state index is 13.1. The molecule has 0 saturated carbocycles. The van der Waals surface area contributed by atoms with Gasteiger partial charge in [-0.1, -0.05) is 343 Å². The predicted molar refractivity (Wildman–Crippen MR) is 382 cm³/mol. The topological polar surface area (TPSA) is 237 Å². The molecule has 0 rings (SSSR count). The first-order valence-electron chi connectivity index (χ1n) is 39.2. The Labute approximate surface area is 575 Å². The van der Waals surface area contributed by atoms with Crippen molar-refractivity contribution >= 4 is 39.5 Å². The fraction of sp³-hybridized carbons (Fsp3) is 0.947. The van der Waals surface area contributed by atoms with Crippen molar-refractivity contribution in [3.63, 3.8) is 0 Å². The molecule has 6 atom stereocenters. The number of esters is 4. The first-order chi connectivity index (χ1) is 45.6. The van der Waals surface area contributed by atoms with Crippen LogP contribution in [0.25, 0.3) is 0 Å². The van der Waals surface area contributed by atoms with Gasteiger partial charge in [0.15, 0.2) is 12.2 Å². The van der Waals surface area contributed by atoms with Crippen LogP contribution in [0.5, 0.6) is 0 Å². The van der Waals surface area contributed by atoms with E-state index in [0.717, 1.165) is 109 Å². The second-order valence-corrected chi connectivity index (χ2v) is 30.2. The van der Waals surface area contributed by atoms with Gasteiger partial charge in [-0.05, 0) is 31.6 Å². The van der Waals surface area contributed by atoms with Crippen LogP contribution in [0.3, 0.4) is 0 Å². The van der Waals surface area contributed by atoms with E-state index in [-0.39, 0.29) is 25.7 Å². The standard InChI is InChI=1S/C75H146O17P2/c1-6-10-13-16-19-21-23-24-32-36-39-44-49-54-59-73(78)86-65-71(92-75(80)61-56-51-46-41-37-33-30-28-26-25-27-29-31-35-38-43-47-52-57-68(5)9-4)67-90-94(83,84)88-63-69(76)62-87-93(81,82)89-66-70(64-85-72(77)58-53-48-42-18-15-12-8-3)91-74(79)60-55-50-45-40-34-22-20-17-14-11-7-2/h68-71,76H,6-67H2,1-5H3,(H,81,82)(H,83,84)/t68?,69-,70+,71+/m0/s1. The average molecular weight is 1380 g/mol. The summed E-state index contributed by atoms with van der Waals surface area (Å²) < 4.78 is 68.3. The van der Waals surface area contributed by atoms with Gasteiger partial charge in [-0.15, -0.1) is 0 Å². The van der Waals surface area contributed by atoms with Gasteiger partial charge in [0.25, 0.3) is 0 Å². The van der Waals surface area contributed by atoms with Gasteiger partial charge >= 0.3 is 39.5 Å². The molecule has 0 aliphatic carbocycles. The zero-order valence-corrected chi connectivity index (χ0v) is 62.9. The van der Waals surface area contributed by atoms with Crippen molar-refractivity contribution in [2.45, 2.75) is 412 Å². The van der Waals surface area contributed by atoms with Crippen molar-refractivity contribution < 1.29 is 80.2 Å². The normalized spacial score (nSPS) is 14.3. The van der Waals surface area contributed by atoms with Crippen molar-refractivity contribution in [3.8, 4) is 0 Å². The van der Waals surface area contributed by atoms with Crippen LogP contribution in [0.2, 0.25) is 0 Å². The van der Waals surface area contributed by atoms with Crippen molar-refractivity contribution in [1.29, 1.82) is 0 Å². The number of unbranched alkanes of at least 4 members (excludes halogenated alkanes) is 46. The molecule has 0 aliphatic rings. The number of hydrogen-bond acceptors (Lipinski definition) is 15. The van der Waals surface area contributed by atoms with E-state index in [1.807, 2.05) is 0 Å². The molecule has 0 aromatic heterocycles. The van der Waals surface area contributed by atoms with E-state index in [2.05, 4.69) is 34.6 Å². The Bertz CT molecular complexity index is 1810. The van der Waals surface area contributed by atoms with Crippen molar-refractivity contribution in [2.75, 3.05) is 39.6 Å². The molecular formula is C75H146O17P2. The lowest BCUT2D eigenvalue weighted by atomic mass is 9.99. The van der Waals surface area contributed by atoms with Crippen LogP contribution in [0.15, 0.2) is 0 Å². The third-order valence-corrected chi connectivity index (χ3v) is 19.8. The fourth-order valence-corrected chi connectivity index (χ4v) is 13.1. The van der Waals surface area contributed by atoms with Crippen molar-refractivity contribution in [2.24, 2.45) is 5.92 Å². The summed E-state index contributed by atoms with van der Waals surface area (Å²) >= 11 is 0. The van der Waals surface area contributed by atoms with Crippen LogP contribution in [-0.2, 0) is 65.4 Å². The Morgan fingerprint density at radius 2 is 0.511 bits per heavy atom. The van der Waals surface area contributed by atoms with Gasteiger partial charge in [-0.25, -0.2) is 9.13 Å². The number of phosphoric ester groups is 2. The maximum Gasteiger partial charge on any atom is 0.472 e. The zero-order chi connectivity index (χ0) is 69.1. The molecule has 0 spiro atoms. The number of hydrogen-bond donors (Lipinski definition) is 3. The largest absolute Gasteiger partial charge is 0.472 e. The van der Waals surface area contributed by atoms with Crippen LogP contribution in [-0.4, -0.2) is 96.7 Å². The highest BCUT2D eigenvalue weighted by Gasteiger charge is 2.30. The van der Waals surface area contributed by atoms with E-state index in [4.69, 9.17) is 37.0 Å².